The first kappa shape index (κ1) is 11.4. The Balaban J connectivity index is 2.26. The van der Waals surface area contributed by atoms with Crippen molar-refractivity contribution in [3.05, 3.63) is 0 Å². The first-order valence-corrected chi connectivity index (χ1v) is 5.80. The van der Waals surface area contributed by atoms with Crippen LogP contribution < -0.4 is 5.73 Å². The summed E-state index contributed by atoms with van der Waals surface area (Å²) in [5, 5.41) is 0. The van der Waals surface area contributed by atoms with Crippen molar-refractivity contribution in [1.82, 2.24) is 9.80 Å². The summed E-state index contributed by atoms with van der Waals surface area (Å²) in [7, 11) is 2.05. The fourth-order valence-corrected chi connectivity index (χ4v) is 2.62. The lowest BCUT2D eigenvalue weighted by molar-refractivity contribution is 0.162. The summed E-state index contributed by atoms with van der Waals surface area (Å²) in [5.74, 6) is 0.940. The van der Waals surface area contributed by atoms with Gasteiger partial charge in [-0.15, -0.1) is 0 Å². The summed E-state index contributed by atoms with van der Waals surface area (Å²) in [5.41, 5.74) is 5.63. The van der Waals surface area contributed by atoms with Gasteiger partial charge >= 0.3 is 6.03 Å². The molecule has 1 fully saturated rings. The average molecular weight is 224 g/mol. The van der Waals surface area contributed by atoms with E-state index in [1.807, 2.05) is 4.90 Å². The Morgan fingerprint density at radius 2 is 2.25 bits per heavy atom. The SMILES string of the molecule is CC(C)CN1C(=O)N=C(N)C12CCN(C)C2. The molecule has 2 N–H and O–H groups in total. The molecule has 1 saturated heterocycles. The average Bonchev–Trinajstić information content (AvgIpc) is 2.65. The molecule has 16 heavy (non-hydrogen) atoms. The number of carbonyl (C=O) groups excluding carboxylic acids is 1. The number of amides is 2. The second-order valence-electron chi connectivity index (χ2n) is 5.30. The van der Waals surface area contributed by atoms with E-state index in [4.69, 9.17) is 5.73 Å². The molecule has 5 nitrogen and oxygen atoms in total. The zero-order valence-electron chi connectivity index (χ0n) is 10.2. The second kappa shape index (κ2) is 3.73. The fraction of sp³-hybridized carbons (Fsp3) is 0.818. The first-order valence-electron chi connectivity index (χ1n) is 5.80. The second-order valence-corrected chi connectivity index (χ2v) is 5.30. The smallest absolute Gasteiger partial charge is 0.346 e. The quantitative estimate of drug-likeness (QED) is 0.743. The Morgan fingerprint density at radius 1 is 1.56 bits per heavy atom. The summed E-state index contributed by atoms with van der Waals surface area (Å²) in [6, 6.07) is -0.165. The zero-order valence-corrected chi connectivity index (χ0v) is 10.2. The molecule has 2 rings (SSSR count). The molecule has 1 unspecified atom stereocenters. The molecule has 1 atom stereocenters. The Morgan fingerprint density at radius 3 is 2.75 bits per heavy atom. The van der Waals surface area contributed by atoms with Gasteiger partial charge in [-0.2, -0.15) is 4.99 Å². The maximum Gasteiger partial charge on any atom is 0.346 e. The van der Waals surface area contributed by atoms with Gasteiger partial charge in [-0.25, -0.2) is 4.79 Å². The van der Waals surface area contributed by atoms with Gasteiger partial charge in [-0.05, 0) is 19.4 Å². The standard InChI is InChI=1S/C11H20N4O/c1-8(2)6-15-10(16)13-9(12)11(15)4-5-14(3)7-11/h8H,4-7H2,1-3H3,(H2,12,13,16). The van der Waals surface area contributed by atoms with Crippen LogP contribution in [-0.4, -0.2) is 53.9 Å². The molecule has 0 aliphatic carbocycles. The summed E-state index contributed by atoms with van der Waals surface area (Å²) < 4.78 is 0. The van der Waals surface area contributed by atoms with Gasteiger partial charge in [0.2, 0.25) is 0 Å². The van der Waals surface area contributed by atoms with Gasteiger partial charge in [-0.3, -0.25) is 0 Å². The number of likely N-dealkylation sites (tertiary alicyclic amines) is 1. The highest BCUT2D eigenvalue weighted by atomic mass is 16.2. The van der Waals surface area contributed by atoms with Crippen molar-refractivity contribution in [3.8, 4) is 0 Å². The highest BCUT2D eigenvalue weighted by Gasteiger charge is 2.51. The molecule has 0 saturated carbocycles. The summed E-state index contributed by atoms with van der Waals surface area (Å²) in [4.78, 5) is 19.8. The predicted octanol–water partition coefficient (Wildman–Crippen LogP) is 0.509. The van der Waals surface area contributed by atoms with Crippen LogP contribution >= 0.6 is 0 Å². The number of hydrogen-bond donors (Lipinski definition) is 1. The highest BCUT2D eigenvalue weighted by Crippen LogP contribution is 2.33. The number of aliphatic imine (C=N–C) groups is 1. The van der Waals surface area contributed by atoms with Gasteiger partial charge in [0.05, 0.1) is 0 Å². The molecular weight excluding hydrogens is 204 g/mol. The maximum absolute atomic E-state index is 11.8. The van der Waals surface area contributed by atoms with Crippen LogP contribution in [0.25, 0.3) is 0 Å². The zero-order chi connectivity index (χ0) is 11.9. The number of hydrogen-bond acceptors (Lipinski definition) is 3. The predicted molar refractivity (Wildman–Crippen MR) is 63.4 cm³/mol. The summed E-state index contributed by atoms with van der Waals surface area (Å²) in [6.07, 6.45) is 0.900. The van der Waals surface area contributed by atoms with Crippen molar-refractivity contribution >= 4 is 11.9 Å². The summed E-state index contributed by atoms with van der Waals surface area (Å²) >= 11 is 0. The van der Waals surface area contributed by atoms with E-state index in [0.717, 1.165) is 26.1 Å². The fourth-order valence-electron chi connectivity index (χ4n) is 2.62. The van der Waals surface area contributed by atoms with E-state index in [2.05, 4.69) is 30.8 Å². The molecule has 5 heteroatoms. The Labute approximate surface area is 96.3 Å². The number of rotatable bonds is 2. The molecule has 0 bridgehead atoms. The normalized spacial score (nSPS) is 30.9. The molecule has 2 aliphatic rings. The van der Waals surface area contributed by atoms with E-state index in [-0.39, 0.29) is 11.6 Å². The van der Waals surface area contributed by atoms with E-state index >= 15 is 0 Å². The van der Waals surface area contributed by atoms with Crippen LogP contribution in [0.15, 0.2) is 4.99 Å². The topological polar surface area (TPSA) is 61.9 Å². The van der Waals surface area contributed by atoms with Crippen molar-refractivity contribution < 1.29 is 4.79 Å². The number of urea groups is 1. The van der Waals surface area contributed by atoms with Gasteiger partial charge < -0.3 is 15.5 Å². The van der Waals surface area contributed by atoms with Gasteiger partial charge in [0.25, 0.3) is 0 Å². The molecular formula is C11H20N4O. The van der Waals surface area contributed by atoms with Gasteiger partial charge in [0.1, 0.15) is 11.4 Å². The van der Waals surface area contributed by atoms with Crippen LogP contribution in [0.1, 0.15) is 20.3 Å². The van der Waals surface area contributed by atoms with Crippen LogP contribution in [0.2, 0.25) is 0 Å². The lowest BCUT2D eigenvalue weighted by Crippen LogP contribution is -2.56. The number of carbonyl (C=O) groups is 1. The van der Waals surface area contributed by atoms with Crippen LogP contribution in [0.4, 0.5) is 4.79 Å². The lowest BCUT2D eigenvalue weighted by atomic mass is 9.95. The van der Waals surface area contributed by atoms with Crippen molar-refractivity contribution in [3.63, 3.8) is 0 Å². The van der Waals surface area contributed by atoms with Crippen molar-refractivity contribution in [1.29, 1.82) is 0 Å². The Kier molecular flexibility index (Phi) is 2.66. The van der Waals surface area contributed by atoms with E-state index in [1.54, 1.807) is 0 Å². The van der Waals surface area contributed by atoms with Crippen molar-refractivity contribution in [2.75, 3.05) is 26.7 Å². The monoisotopic (exact) mass is 224 g/mol. The third kappa shape index (κ3) is 1.59. The molecule has 2 heterocycles. The minimum atomic E-state index is -0.323. The Bertz CT molecular complexity index is 339. The van der Waals surface area contributed by atoms with E-state index < -0.39 is 0 Å². The maximum atomic E-state index is 11.8. The molecule has 2 amide bonds. The Hall–Kier alpha value is -1.10. The minimum absolute atomic E-state index is 0.165. The first-order chi connectivity index (χ1) is 7.45. The van der Waals surface area contributed by atoms with Crippen LogP contribution in [0, 0.1) is 5.92 Å². The number of likely N-dealkylation sites (N-methyl/N-ethyl adjacent to an activating group) is 1. The summed E-state index contributed by atoms with van der Waals surface area (Å²) in [6.45, 7) is 6.72. The van der Waals surface area contributed by atoms with Gasteiger partial charge in [0, 0.05) is 19.6 Å². The van der Waals surface area contributed by atoms with Crippen molar-refractivity contribution in [2.45, 2.75) is 25.8 Å². The van der Waals surface area contributed by atoms with Crippen LogP contribution in [0.3, 0.4) is 0 Å². The van der Waals surface area contributed by atoms with Gasteiger partial charge in [-0.1, -0.05) is 13.8 Å². The molecule has 0 radical (unpaired) electrons. The molecule has 0 aromatic carbocycles. The molecule has 0 aromatic rings. The van der Waals surface area contributed by atoms with Crippen LogP contribution in [0.5, 0.6) is 0 Å². The number of nitrogens with two attached hydrogens (primary N) is 1. The largest absolute Gasteiger partial charge is 0.385 e. The van der Waals surface area contributed by atoms with Crippen LogP contribution in [-0.2, 0) is 0 Å². The third-order valence-corrected chi connectivity index (χ3v) is 3.43. The molecule has 2 aliphatic heterocycles. The third-order valence-electron chi connectivity index (χ3n) is 3.43. The van der Waals surface area contributed by atoms with E-state index in [0.29, 0.717) is 11.8 Å². The number of nitrogens with zero attached hydrogens (tertiary/aromatic N) is 3. The molecule has 1 spiro atoms. The number of amidine groups is 1. The van der Waals surface area contributed by atoms with E-state index in [9.17, 15) is 4.79 Å². The van der Waals surface area contributed by atoms with Gasteiger partial charge in [0.15, 0.2) is 0 Å². The molecule has 90 valence electrons. The lowest BCUT2D eigenvalue weighted by Gasteiger charge is -2.35. The van der Waals surface area contributed by atoms with Crippen molar-refractivity contribution in [2.24, 2.45) is 16.6 Å². The minimum Gasteiger partial charge on any atom is -0.385 e. The highest BCUT2D eigenvalue weighted by molar-refractivity contribution is 6.06. The molecule has 0 aromatic heterocycles. The van der Waals surface area contributed by atoms with E-state index in [1.165, 1.54) is 0 Å².